The average Bonchev–Trinajstić information content (AvgIpc) is 3.70. The third-order valence-corrected chi connectivity index (χ3v) is 11.3. The van der Waals surface area contributed by atoms with Crippen molar-refractivity contribution in [3.05, 3.63) is 76.5 Å². The molecule has 8 rings (SSSR count). The Morgan fingerprint density at radius 2 is 1.68 bits per heavy atom. The number of aryl methyl sites for hydroxylation is 1. The van der Waals surface area contributed by atoms with Crippen LogP contribution in [0, 0.1) is 0 Å². The van der Waals surface area contributed by atoms with Gasteiger partial charge < -0.3 is 15.0 Å². The molecule has 2 amide bonds. The maximum absolute atomic E-state index is 13.1. The fraction of sp³-hybridized carbons (Fsp3) is 0.475. The van der Waals surface area contributed by atoms with Crippen LogP contribution in [0.1, 0.15) is 36.4 Å². The number of halogens is 3. The molecule has 17 heteroatoms. The molecule has 3 aliphatic rings. The Morgan fingerprint density at radius 3 is 2.44 bits per heavy atom. The first-order valence-electron chi connectivity index (χ1n) is 19.5. The third kappa shape index (κ3) is 8.91. The number of ether oxygens (including phenoxy) is 1. The summed E-state index contributed by atoms with van der Waals surface area (Å²) < 4.78 is 46.7. The van der Waals surface area contributed by atoms with E-state index >= 15 is 0 Å². The topological polar surface area (TPSA) is 146 Å². The number of imide groups is 1. The van der Waals surface area contributed by atoms with Crippen LogP contribution in [0.5, 0.6) is 0 Å². The summed E-state index contributed by atoms with van der Waals surface area (Å²) in [6, 6.07) is 13.7. The molecule has 0 saturated carbocycles. The Hall–Kier alpha value is -5.10. The van der Waals surface area contributed by atoms with Gasteiger partial charge in [0.1, 0.15) is 11.7 Å². The highest BCUT2D eigenvalue weighted by Crippen LogP contribution is 2.29. The predicted molar refractivity (Wildman–Crippen MR) is 209 cm³/mol. The fourth-order valence-corrected chi connectivity index (χ4v) is 8.01. The number of carbonyl (C=O) groups excluding carboxylic acids is 2. The first-order valence-corrected chi connectivity index (χ1v) is 19.5. The number of fused-ring (bicyclic) bond motifs is 2. The van der Waals surface area contributed by atoms with Crippen LogP contribution in [0.4, 0.5) is 19.1 Å². The van der Waals surface area contributed by atoms with Gasteiger partial charge in [-0.05, 0) is 41.7 Å². The molecule has 3 fully saturated rings. The molecule has 14 nitrogen and oxygen atoms in total. The van der Waals surface area contributed by atoms with Crippen molar-refractivity contribution in [1.29, 1.82) is 0 Å². The van der Waals surface area contributed by atoms with Crippen molar-refractivity contribution in [3.8, 4) is 11.1 Å². The quantitative estimate of drug-likeness (QED) is 0.143. The Bertz CT molecular complexity index is 2290. The second kappa shape index (κ2) is 16.4. The van der Waals surface area contributed by atoms with Crippen LogP contribution >= 0.6 is 0 Å². The molecule has 3 N–H and O–H groups in total. The van der Waals surface area contributed by atoms with Gasteiger partial charge in [-0.1, -0.05) is 30.3 Å². The van der Waals surface area contributed by atoms with E-state index in [9.17, 15) is 27.6 Å². The molecule has 3 saturated heterocycles. The van der Waals surface area contributed by atoms with Gasteiger partial charge in [-0.2, -0.15) is 18.2 Å². The van der Waals surface area contributed by atoms with Gasteiger partial charge in [0, 0.05) is 102 Å². The largest absolute Gasteiger partial charge is 0.390 e. The number of anilines is 1. The van der Waals surface area contributed by atoms with Crippen LogP contribution in [0.3, 0.4) is 0 Å². The second-order valence-electron chi connectivity index (χ2n) is 15.3. The number of H-pyrrole nitrogens is 1. The maximum atomic E-state index is 13.1. The number of carbonyl (C=O) groups is 2. The molecule has 6 heterocycles. The van der Waals surface area contributed by atoms with Crippen molar-refractivity contribution in [2.75, 3.05) is 70.8 Å². The lowest BCUT2D eigenvalue weighted by Crippen LogP contribution is -2.53. The van der Waals surface area contributed by atoms with E-state index in [1.807, 2.05) is 24.4 Å². The summed E-state index contributed by atoms with van der Waals surface area (Å²) in [7, 11) is 1.72. The molecule has 0 spiro atoms. The number of nitrogens with zero attached hydrogens (tertiary/aromatic N) is 7. The predicted octanol–water partition coefficient (Wildman–Crippen LogP) is 3.68. The lowest BCUT2D eigenvalue weighted by atomic mass is 10.0. The number of likely N-dealkylation sites (tertiary alicyclic amines) is 1. The zero-order valence-corrected chi connectivity index (χ0v) is 31.9. The van der Waals surface area contributed by atoms with Crippen molar-refractivity contribution >= 4 is 39.8 Å². The van der Waals surface area contributed by atoms with E-state index in [0.717, 1.165) is 92.9 Å². The molecule has 2 aromatic carbocycles. The first kappa shape index (κ1) is 38.8. The second-order valence-corrected chi connectivity index (χ2v) is 15.3. The highest BCUT2D eigenvalue weighted by molar-refractivity contribution is 6.00. The van der Waals surface area contributed by atoms with Gasteiger partial charge in [0.15, 0.2) is 0 Å². The van der Waals surface area contributed by atoms with Crippen molar-refractivity contribution in [2.45, 2.75) is 50.6 Å². The average molecular weight is 789 g/mol. The molecular formula is C40H47F3N10O4. The van der Waals surface area contributed by atoms with Crippen LogP contribution in [0.25, 0.3) is 33.2 Å². The van der Waals surface area contributed by atoms with E-state index in [1.165, 1.54) is 10.1 Å². The van der Waals surface area contributed by atoms with Crippen LogP contribution < -0.4 is 16.3 Å². The molecule has 57 heavy (non-hydrogen) atoms. The maximum Gasteiger partial charge on any atom is 0.390 e. The standard InChI is InChI=1S/C40H47F3N10O4/c1-49-34-20-26(4-7-32(34)53(39(49)56)33-8-9-35(54)47-37(33)55)10-13-52-24-29(25-52)57-19-18-50-14-16-51(17-15-50)23-27-2-5-28(6-3-27)30-21-45-36-31(30)22-46-38(48-36)44-12-11-40(41,42)43/h2-7,20-22,29,33H,8-19,23-25H2,1H3,(H,47,54,55)(H2,44,45,46,48)/t33-/m0/s1. The molecular weight excluding hydrogens is 742 g/mol. The number of piperidine rings is 1. The van der Waals surface area contributed by atoms with Gasteiger partial charge in [0.05, 0.1) is 30.2 Å². The summed E-state index contributed by atoms with van der Waals surface area (Å²) in [4.78, 5) is 56.2. The number of amides is 2. The van der Waals surface area contributed by atoms with Crippen LogP contribution in [0.15, 0.2) is 59.7 Å². The lowest BCUT2D eigenvalue weighted by molar-refractivity contribution is -0.136. The van der Waals surface area contributed by atoms with E-state index < -0.39 is 24.5 Å². The number of hydrogen-bond donors (Lipinski definition) is 3. The summed E-state index contributed by atoms with van der Waals surface area (Å²) in [6.45, 7) is 8.87. The highest BCUT2D eigenvalue weighted by atomic mass is 19.4. The molecule has 302 valence electrons. The number of nitrogens with one attached hydrogen (secondary N) is 3. The molecule has 1 atom stereocenters. The van der Waals surface area contributed by atoms with E-state index in [-0.39, 0.29) is 36.6 Å². The number of alkyl halides is 3. The number of aromatic amines is 1. The zero-order chi connectivity index (χ0) is 39.7. The zero-order valence-electron chi connectivity index (χ0n) is 31.9. The fourth-order valence-electron chi connectivity index (χ4n) is 8.01. The smallest absolute Gasteiger partial charge is 0.374 e. The van der Waals surface area contributed by atoms with Crippen molar-refractivity contribution < 1.29 is 27.5 Å². The summed E-state index contributed by atoms with van der Waals surface area (Å²) in [6.07, 6.45) is -0.0856. The molecule has 3 aliphatic heterocycles. The summed E-state index contributed by atoms with van der Waals surface area (Å²) in [5.74, 6) is -0.571. The molecule has 0 radical (unpaired) electrons. The number of hydrogen-bond acceptors (Lipinski definition) is 10. The normalized spacial score (nSPS) is 19.1. The molecule has 5 aromatic rings. The minimum Gasteiger partial charge on any atom is -0.374 e. The summed E-state index contributed by atoms with van der Waals surface area (Å²) >= 11 is 0. The Balaban J connectivity index is 0.726. The SMILES string of the molecule is Cn1c(=O)n([C@H]2CCC(=O)NC2=O)c2ccc(CCN3CC(OCCN4CCN(Cc5ccc(-c6c[nH]c7nc(NCCC(F)(F)F)ncc67)cc5)CC4)C3)cc21. The van der Waals surface area contributed by atoms with Crippen LogP contribution in [-0.4, -0.2) is 128 Å². The van der Waals surface area contributed by atoms with Gasteiger partial charge in [-0.3, -0.25) is 38.7 Å². The lowest BCUT2D eigenvalue weighted by Gasteiger charge is -2.40. The Labute approximate surface area is 327 Å². The third-order valence-electron chi connectivity index (χ3n) is 11.3. The van der Waals surface area contributed by atoms with Crippen LogP contribution in [-0.2, 0) is 34.3 Å². The van der Waals surface area contributed by atoms with E-state index in [1.54, 1.807) is 17.8 Å². The monoisotopic (exact) mass is 788 g/mol. The molecule has 0 aliphatic carbocycles. The Morgan fingerprint density at radius 1 is 0.930 bits per heavy atom. The minimum absolute atomic E-state index is 0.160. The van der Waals surface area contributed by atoms with Crippen molar-refractivity contribution in [1.82, 2.24) is 44.1 Å². The van der Waals surface area contributed by atoms with Gasteiger partial charge in [0.2, 0.25) is 17.8 Å². The van der Waals surface area contributed by atoms with Gasteiger partial charge in [-0.15, -0.1) is 0 Å². The van der Waals surface area contributed by atoms with E-state index in [2.05, 4.69) is 64.6 Å². The number of benzene rings is 2. The van der Waals surface area contributed by atoms with Crippen molar-refractivity contribution in [2.24, 2.45) is 7.05 Å². The van der Waals surface area contributed by atoms with Gasteiger partial charge in [0.25, 0.3) is 0 Å². The minimum atomic E-state index is -4.23. The molecule has 0 unspecified atom stereocenters. The van der Waals surface area contributed by atoms with E-state index in [0.29, 0.717) is 24.2 Å². The Kier molecular flexibility index (Phi) is 11.2. The number of rotatable bonds is 14. The number of aromatic nitrogens is 5. The number of imidazole rings is 1. The van der Waals surface area contributed by atoms with Gasteiger partial charge >= 0.3 is 11.9 Å². The molecule has 3 aromatic heterocycles. The highest BCUT2D eigenvalue weighted by Gasteiger charge is 2.32. The number of piperazine rings is 1. The van der Waals surface area contributed by atoms with Crippen molar-refractivity contribution in [3.63, 3.8) is 0 Å². The van der Waals surface area contributed by atoms with E-state index in [4.69, 9.17) is 4.74 Å². The van der Waals surface area contributed by atoms with Gasteiger partial charge in [-0.25, -0.2) is 9.78 Å². The first-order chi connectivity index (χ1) is 27.5. The van der Waals surface area contributed by atoms with Crippen LogP contribution in [0.2, 0.25) is 0 Å². The molecule has 0 bridgehead atoms. The summed E-state index contributed by atoms with van der Waals surface area (Å²) in [5.41, 5.74) is 6.10. The summed E-state index contributed by atoms with van der Waals surface area (Å²) in [5, 5.41) is 5.80.